The van der Waals surface area contributed by atoms with E-state index in [1.165, 1.54) is 0 Å². The fourth-order valence-corrected chi connectivity index (χ4v) is 1.87. The summed E-state index contributed by atoms with van der Waals surface area (Å²) in [6.45, 7) is 2.98. The van der Waals surface area contributed by atoms with Gasteiger partial charge in [0.1, 0.15) is 0 Å². The lowest BCUT2D eigenvalue weighted by molar-refractivity contribution is -0.384. The largest absolute Gasteiger partial charge is 0.477 e. The number of piperazine rings is 1. The van der Waals surface area contributed by atoms with Crippen LogP contribution in [-0.2, 0) is 0 Å². The van der Waals surface area contributed by atoms with Crippen LogP contribution in [0.4, 0.5) is 11.5 Å². The molecule has 0 radical (unpaired) electrons. The van der Waals surface area contributed by atoms with Crippen molar-refractivity contribution in [3.63, 3.8) is 0 Å². The highest BCUT2D eigenvalue weighted by Crippen LogP contribution is 2.23. The standard InChI is InChI=1S/C11H15N5O4/c1-14-4-6-15(7-5-14)13-10-9(16(19)20)3-2-8(12-10)11(17)18/h2-3H,4-7H2,1H3,(H,12,13)(H,17,18). The summed E-state index contributed by atoms with van der Waals surface area (Å²) in [5, 5.41) is 21.6. The number of likely N-dealkylation sites (N-methyl/N-ethyl adjacent to an activating group) is 1. The lowest BCUT2D eigenvalue weighted by atomic mass is 10.3. The van der Waals surface area contributed by atoms with Gasteiger partial charge >= 0.3 is 11.7 Å². The number of hydrogen-bond acceptors (Lipinski definition) is 7. The zero-order chi connectivity index (χ0) is 14.7. The number of aromatic nitrogens is 1. The molecule has 1 aliphatic rings. The minimum absolute atomic E-state index is 0.0422. The molecule has 0 aromatic carbocycles. The molecule has 0 atom stereocenters. The monoisotopic (exact) mass is 281 g/mol. The highest BCUT2D eigenvalue weighted by atomic mass is 16.6. The summed E-state index contributed by atoms with van der Waals surface area (Å²) in [6, 6.07) is 2.27. The van der Waals surface area contributed by atoms with Crippen LogP contribution in [0.25, 0.3) is 0 Å². The fraction of sp³-hybridized carbons (Fsp3) is 0.455. The van der Waals surface area contributed by atoms with Gasteiger partial charge in [-0.25, -0.2) is 14.8 Å². The Morgan fingerprint density at radius 1 is 1.40 bits per heavy atom. The van der Waals surface area contributed by atoms with Gasteiger partial charge in [-0.15, -0.1) is 0 Å². The Morgan fingerprint density at radius 3 is 2.60 bits per heavy atom. The Bertz CT molecular complexity index is 528. The van der Waals surface area contributed by atoms with Crippen molar-refractivity contribution < 1.29 is 14.8 Å². The van der Waals surface area contributed by atoms with Crippen LogP contribution >= 0.6 is 0 Å². The molecule has 9 heteroatoms. The van der Waals surface area contributed by atoms with Crippen LogP contribution < -0.4 is 5.43 Å². The quantitative estimate of drug-likeness (QED) is 0.597. The molecule has 2 N–H and O–H groups in total. The number of carboxylic acids is 1. The van der Waals surface area contributed by atoms with E-state index in [1.54, 1.807) is 5.01 Å². The van der Waals surface area contributed by atoms with Crippen molar-refractivity contribution in [1.29, 1.82) is 0 Å². The number of hydrazine groups is 1. The van der Waals surface area contributed by atoms with Gasteiger partial charge in [0, 0.05) is 32.2 Å². The lowest BCUT2D eigenvalue weighted by Gasteiger charge is -2.32. The Kier molecular flexibility index (Phi) is 4.11. The van der Waals surface area contributed by atoms with E-state index in [0.29, 0.717) is 13.1 Å². The maximum atomic E-state index is 10.9. The molecule has 1 saturated heterocycles. The van der Waals surface area contributed by atoms with Gasteiger partial charge in [0.25, 0.3) is 0 Å². The van der Waals surface area contributed by atoms with Crippen molar-refractivity contribution in [3.8, 4) is 0 Å². The second kappa shape index (κ2) is 5.80. The van der Waals surface area contributed by atoms with E-state index >= 15 is 0 Å². The first-order valence-corrected chi connectivity index (χ1v) is 6.06. The topological polar surface area (TPSA) is 112 Å². The van der Waals surface area contributed by atoms with Crippen molar-refractivity contribution in [3.05, 3.63) is 27.9 Å². The van der Waals surface area contributed by atoms with Crippen molar-refractivity contribution >= 4 is 17.5 Å². The average Bonchev–Trinajstić information content (AvgIpc) is 2.41. The van der Waals surface area contributed by atoms with Gasteiger partial charge in [0.05, 0.1) is 4.92 Å². The Labute approximate surface area is 114 Å². The van der Waals surface area contributed by atoms with E-state index in [2.05, 4.69) is 15.3 Å². The molecule has 2 rings (SSSR count). The summed E-state index contributed by atoms with van der Waals surface area (Å²) < 4.78 is 0. The maximum absolute atomic E-state index is 10.9. The van der Waals surface area contributed by atoms with Gasteiger partial charge in [0.2, 0.25) is 5.82 Å². The molecule has 1 aliphatic heterocycles. The van der Waals surface area contributed by atoms with Gasteiger partial charge in [0.15, 0.2) is 5.69 Å². The number of hydrogen-bond donors (Lipinski definition) is 2. The molecule has 0 unspecified atom stereocenters. The van der Waals surface area contributed by atoms with Crippen LogP contribution in [0.2, 0.25) is 0 Å². The van der Waals surface area contributed by atoms with Crippen LogP contribution in [0.3, 0.4) is 0 Å². The summed E-state index contributed by atoms with van der Waals surface area (Å²) in [4.78, 5) is 27.2. The van der Waals surface area contributed by atoms with Crippen molar-refractivity contribution in [2.45, 2.75) is 0 Å². The van der Waals surface area contributed by atoms with Crippen molar-refractivity contribution in [2.24, 2.45) is 0 Å². The summed E-state index contributed by atoms with van der Waals surface area (Å²) in [5.41, 5.74) is 2.37. The number of nitrogens with zero attached hydrogens (tertiary/aromatic N) is 4. The van der Waals surface area contributed by atoms with Gasteiger partial charge in [-0.2, -0.15) is 0 Å². The number of carbonyl (C=O) groups is 1. The molecular formula is C11H15N5O4. The predicted octanol–water partition coefficient (Wildman–Crippen LogP) is 0.262. The molecule has 20 heavy (non-hydrogen) atoms. The highest BCUT2D eigenvalue weighted by molar-refractivity contribution is 5.86. The number of nitro groups is 1. The lowest BCUT2D eigenvalue weighted by Crippen LogP contribution is -2.47. The van der Waals surface area contributed by atoms with Crippen molar-refractivity contribution in [1.82, 2.24) is 14.9 Å². The highest BCUT2D eigenvalue weighted by Gasteiger charge is 2.22. The van der Waals surface area contributed by atoms with Gasteiger partial charge in [-0.3, -0.25) is 15.5 Å². The van der Waals surface area contributed by atoms with E-state index in [-0.39, 0.29) is 17.2 Å². The molecule has 9 nitrogen and oxygen atoms in total. The Hall–Kier alpha value is -2.26. The molecule has 1 fully saturated rings. The smallest absolute Gasteiger partial charge is 0.354 e. The van der Waals surface area contributed by atoms with Crippen LogP contribution in [-0.4, -0.2) is 64.1 Å². The SMILES string of the molecule is CN1CCN(Nc2nc(C(=O)O)ccc2[N+](=O)[O-])CC1. The summed E-state index contributed by atoms with van der Waals surface area (Å²) in [6.07, 6.45) is 0. The third kappa shape index (κ3) is 3.19. The first kappa shape index (κ1) is 14.2. The van der Waals surface area contributed by atoms with E-state index in [1.807, 2.05) is 7.05 Å². The fourth-order valence-electron chi connectivity index (χ4n) is 1.87. The van der Waals surface area contributed by atoms with Gasteiger partial charge in [-0.05, 0) is 13.1 Å². The van der Waals surface area contributed by atoms with E-state index in [0.717, 1.165) is 25.2 Å². The van der Waals surface area contributed by atoms with Crippen LogP contribution in [0.5, 0.6) is 0 Å². The van der Waals surface area contributed by atoms with Crippen molar-refractivity contribution in [2.75, 3.05) is 38.7 Å². The number of anilines is 1. The molecule has 0 aliphatic carbocycles. The molecule has 1 aromatic heterocycles. The van der Waals surface area contributed by atoms with Gasteiger partial charge in [-0.1, -0.05) is 0 Å². The summed E-state index contributed by atoms with van der Waals surface area (Å²) in [7, 11) is 1.99. The van der Waals surface area contributed by atoms with Crippen LogP contribution in [0.1, 0.15) is 10.5 Å². The Morgan fingerprint density at radius 2 is 2.05 bits per heavy atom. The number of nitrogens with one attached hydrogen (secondary N) is 1. The van der Waals surface area contributed by atoms with E-state index in [4.69, 9.17) is 5.11 Å². The second-order valence-corrected chi connectivity index (χ2v) is 4.53. The third-order valence-corrected chi connectivity index (χ3v) is 3.06. The van der Waals surface area contributed by atoms with Crippen LogP contribution in [0, 0.1) is 10.1 Å². The zero-order valence-corrected chi connectivity index (χ0v) is 10.9. The number of rotatable bonds is 4. The molecule has 0 saturated carbocycles. The molecule has 0 spiro atoms. The summed E-state index contributed by atoms with van der Waals surface area (Å²) >= 11 is 0. The third-order valence-electron chi connectivity index (χ3n) is 3.06. The van der Waals surface area contributed by atoms with E-state index < -0.39 is 10.9 Å². The first-order valence-electron chi connectivity index (χ1n) is 6.06. The minimum Gasteiger partial charge on any atom is -0.477 e. The van der Waals surface area contributed by atoms with E-state index in [9.17, 15) is 14.9 Å². The molecule has 2 heterocycles. The number of pyridine rings is 1. The number of aromatic carboxylic acids is 1. The maximum Gasteiger partial charge on any atom is 0.354 e. The first-order chi connectivity index (χ1) is 9.47. The molecule has 0 amide bonds. The van der Waals surface area contributed by atoms with Crippen LogP contribution in [0.15, 0.2) is 12.1 Å². The minimum atomic E-state index is -1.22. The number of carboxylic acid groups (broad SMARTS) is 1. The Balaban J connectivity index is 2.21. The normalized spacial score (nSPS) is 16.9. The molecule has 0 bridgehead atoms. The van der Waals surface area contributed by atoms with Gasteiger partial charge < -0.3 is 10.0 Å². The zero-order valence-electron chi connectivity index (χ0n) is 10.9. The average molecular weight is 281 g/mol. The molecule has 108 valence electrons. The predicted molar refractivity (Wildman–Crippen MR) is 70.5 cm³/mol. The molecule has 1 aromatic rings. The molecular weight excluding hydrogens is 266 g/mol. The second-order valence-electron chi connectivity index (χ2n) is 4.53. The summed E-state index contributed by atoms with van der Waals surface area (Å²) in [5.74, 6) is -1.26.